The highest BCUT2D eigenvalue weighted by molar-refractivity contribution is 5.58. The highest BCUT2D eigenvalue weighted by atomic mass is 15.1. The molecule has 0 bridgehead atoms. The topological polar surface area (TPSA) is 29.3 Å². The standard InChI is InChI=1S/C11H16N2/c1-8(12)9-3-4-11-10(7-9)5-6-13(11)2/h3-4,7-8H,5-6,12H2,1-2H3/t8-/m0/s1. The first kappa shape index (κ1) is 8.57. The monoisotopic (exact) mass is 176 g/mol. The molecule has 0 spiro atoms. The number of nitrogens with zero attached hydrogens (tertiary/aromatic N) is 1. The molecule has 0 amide bonds. The minimum atomic E-state index is 0.149. The van der Waals surface area contributed by atoms with Crippen LogP contribution in [0.3, 0.4) is 0 Å². The molecule has 2 heteroatoms. The predicted molar refractivity (Wildman–Crippen MR) is 56.0 cm³/mol. The molecule has 1 aromatic carbocycles. The summed E-state index contributed by atoms with van der Waals surface area (Å²) in [6.07, 6.45) is 1.16. The van der Waals surface area contributed by atoms with Crippen LogP contribution in [0.5, 0.6) is 0 Å². The van der Waals surface area contributed by atoms with Gasteiger partial charge in [0.25, 0.3) is 0 Å². The van der Waals surface area contributed by atoms with Gasteiger partial charge < -0.3 is 10.6 Å². The van der Waals surface area contributed by atoms with Crippen molar-refractivity contribution in [1.29, 1.82) is 0 Å². The summed E-state index contributed by atoms with van der Waals surface area (Å²) in [6.45, 7) is 3.16. The van der Waals surface area contributed by atoms with Crippen LogP contribution in [0.4, 0.5) is 5.69 Å². The zero-order valence-corrected chi connectivity index (χ0v) is 8.25. The number of hydrogen-bond donors (Lipinski definition) is 1. The summed E-state index contributed by atoms with van der Waals surface area (Å²) in [7, 11) is 2.14. The van der Waals surface area contributed by atoms with E-state index in [-0.39, 0.29) is 6.04 Å². The van der Waals surface area contributed by atoms with Gasteiger partial charge in [0.1, 0.15) is 0 Å². The lowest BCUT2D eigenvalue weighted by Crippen LogP contribution is -2.12. The zero-order chi connectivity index (χ0) is 9.42. The van der Waals surface area contributed by atoms with Crippen LogP contribution >= 0.6 is 0 Å². The van der Waals surface area contributed by atoms with Gasteiger partial charge in [-0.15, -0.1) is 0 Å². The number of anilines is 1. The van der Waals surface area contributed by atoms with Gasteiger partial charge in [-0.2, -0.15) is 0 Å². The lowest BCUT2D eigenvalue weighted by atomic mass is 10.0. The van der Waals surface area contributed by atoms with E-state index in [0.717, 1.165) is 13.0 Å². The molecule has 2 nitrogen and oxygen atoms in total. The maximum atomic E-state index is 5.83. The fraction of sp³-hybridized carbons (Fsp3) is 0.455. The predicted octanol–water partition coefficient (Wildman–Crippen LogP) is 1.70. The number of benzene rings is 1. The fourth-order valence-electron chi connectivity index (χ4n) is 1.87. The Morgan fingerprint density at radius 2 is 2.23 bits per heavy atom. The van der Waals surface area contributed by atoms with Crippen molar-refractivity contribution in [3.63, 3.8) is 0 Å². The van der Waals surface area contributed by atoms with E-state index in [0.29, 0.717) is 0 Å². The van der Waals surface area contributed by atoms with Gasteiger partial charge in [-0.1, -0.05) is 12.1 Å². The van der Waals surface area contributed by atoms with Crippen LogP contribution < -0.4 is 10.6 Å². The van der Waals surface area contributed by atoms with E-state index < -0.39 is 0 Å². The van der Waals surface area contributed by atoms with Crippen LogP contribution in [0.2, 0.25) is 0 Å². The molecule has 0 aliphatic carbocycles. The SMILES string of the molecule is C[C@H](N)c1ccc2c(c1)CCN2C. The maximum Gasteiger partial charge on any atom is 0.0397 e. The molecule has 0 fully saturated rings. The maximum absolute atomic E-state index is 5.83. The van der Waals surface area contributed by atoms with E-state index in [1.165, 1.54) is 16.8 Å². The summed E-state index contributed by atoms with van der Waals surface area (Å²) < 4.78 is 0. The molecule has 2 N–H and O–H groups in total. The molecule has 13 heavy (non-hydrogen) atoms. The Labute approximate surface area is 79.4 Å². The Bertz CT molecular complexity index is 318. The second-order valence-corrected chi connectivity index (χ2v) is 3.85. The quantitative estimate of drug-likeness (QED) is 0.705. The molecule has 1 heterocycles. The summed E-state index contributed by atoms with van der Waals surface area (Å²) in [4.78, 5) is 2.29. The van der Waals surface area contributed by atoms with Gasteiger partial charge in [0.05, 0.1) is 0 Å². The minimum absolute atomic E-state index is 0.149. The van der Waals surface area contributed by atoms with Crippen molar-refractivity contribution in [3.8, 4) is 0 Å². The smallest absolute Gasteiger partial charge is 0.0397 e. The Kier molecular flexibility index (Phi) is 2.00. The van der Waals surface area contributed by atoms with Crippen LogP contribution in [0.25, 0.3) is 0 Å². The van der Waals surface area contributed by atoms with Crippen LogP contribution in [-0.4, -0.2) is 13.6 Å². The number of likely N-dealkylation sites (N-methyl/N-ethyl adjacent to an activating group) is 1. The largest absolute Gasteiger partial charge is 0.374 e. The van der Waals surface area contributed by atoms with Crippen molar-refractivity contribution in [2.24, 2.45) is 5.73 Å². The van der Waals surface area contributed by atoms with Gasteiger partial charge in [-0.3, -0.25) is 0 Å². The third-order valence-corrected chi connectivity index (χ3v) is 2.76. The second kappa shape index (κ2) is 3.04. The van der Waals surface area contributed by atoms with Crippen LogP contribution in [0, 0.1) is 0 Å². The lowest BCUT2D eigenvalue weighted by molar-refractivity contribution is 0.816. The number of rotatable bonds is 1. The van der Waals surface area contributed by atoms with Gasteiger partial charge in [-0.05, 0) is 30.5 Å². The normalized spacial score (nSPS) is 17.3. The highest BCUT2D eigenvalue weighted by Gasteiger charge is 2.15. The van der Waals surface area contributed by atoms with Gasteiger partial charge in [-0.25, -0.2) is 0 Å². The number of nitrogens with two attached hydrogens (primary N) is 1. The molecule has 1 aliphatic rings. The fourth-order valence-corrected chi connectivity index (χ4v) is 1.87. The zero-order valence-electron chi connectivity index (χ0n) is 8.25. The summed E-state index contributed by atoms with van der Waals surface area (Å²) in [5, 5.41) is 0. The molecule has 0 saturated carbocycles. The van der Waals surface area contributed by atoms with Crippen LogP contribution in [0.1, 0.15) is 24.1 Å². The molecular weight excluding hydrogens is 160 g/mol. The van der Waals surface area contributed by atoms with Crippen LogP contribution in [0.15, 0.2) is 18.2 Å². The molecule has 2 rings (SSSR count). The molecule has 1 aliphatic heterocycles. The van der Waals surface area contributed by atoms with E-state index >= 15 is 0 Å². The first-order valence-electron chi connectivity index (χ1n) is 4.78. The van der Waals surface area contributed by atoms with Gasteiger partial charge >= 0.3 is 0 Å². The van der Waals surface area contributed by atoms with E-state index in [1.807, 2.05) is 6.92 Å². The van der Waals surface area contributed by atoms with E-state index in [1.54, 1.807) is 0 Å². The van der Waals surface area contributed by atoms with Crippen molar-refractivity contribution in [2.45, 2.75) is 19.4 Å². The lowest BCUT2D eigenvalue weighted by Gasteiger charge is -2.13. The van der Waals surface area contributed by atoms with Crippen molar-refractivity contribution >= 4 is 5.69 Å². The molecule has 0 aromatic heterocycles. The molecule has 1 atom stereocenters. The number of fused-ring (bicyclic) bond motifs is 1. The van der Waals surface area contributed by atoms with Gasteiger partial charge in [0, 0.05) is 25.3 Å². The van der Waals surface area contributed by atoms with Crippen molar-refractivity contribution in [1.82, 2.24) is 0 Å². The summed E-state index contributed by atoms with van der Waals surface area (Å²) in [5.41, 5.74) is 9.88. The summed E-state index contributed by atoms with van der Waals surface area (Å²) in [6, 6.07) is 6.70. The third-order valence-electron chi connectivity index (χ3n) is 2.76. The van der Waals surface area contributed by atoms with Gasteiger partial charge in [0.2, 0.25) is 0 Å². The second-order valence-electron chi connectivity index (χ2n) is 3.85. The minimum Gasteiger partial charge on any atom is -0.374 e. The van der Waals surface area contributed by atoms with Crippen LogP contribution in [-0.2, 0) is 6.42 Å². The van der Waals surface area contributed by atoms with Crippen molar-refractivity contribution in [2.75, 3.05) is 18.5 Å². The van der Waals surface area contributed by atoms with Crippen molar-refractivity contribution < 1.29 is 0 Å². The average Bonchev–Trinajstić information content (AvgIpc) is 2.47. The molecule has 0 radical (unpaired) electrons. The van der Waals surface area contributed by atoms with Crippen molar-refractivity contribution in [3.05, 3.63) is 29.3 Å². The average molecular weight is 176 g/mol. The summed E-state index contributed by atoms with van der Waals surface area (Å²) in [5.74, 6) is 0. The first-order valence-corrected chi connectivity index (χ1v) is 4.78. The molecule has 0 unspecified atom stereocenters. The first-order chi connectivity index (χ1) is 6.18. The Morgan fingerprint density at radius 1 is 1.46 bits per heavy atom. The third kappa shape index (κ3) is 1.42. The Balaban J connectivity index is 2.40. The molecule has 0 saturated heterocycles. The van der Waals surface area contributed by atoms with E-state index in [2.05, 4.69) is 30.1 Å². The van der Waals surface area contributed by atoms with E-state index in [9.17, 15) is 0 Å². The molecule has 1 aromatic rings. The molecular formula is C11H16N2. The highest BCUT2D eigenvalue weighted by Crippen LogP contribution is 2.28. The van der Waals surface area contributed by atoms with Gasteiger partial charge in [0.15, 0.2) is 0 Å². The number of hydrogen-bond acceptors (Lipinski definition) is 2. The Hall–Kier alpha value is -1.02. The summed E-state index contributed by atoms with van der Waals surface area (Å²) >= 11 is 0. The molecule has 70 valence electrons. The Morgan fingerprint density at radius 3 is 2.92 bits per heavy atom. The van der Waals surface area contributed by atoms with E-state index in [4.69, 9.17) is 5.73 Å².